The highest BCUT2D eigenvalue weighted by atomic mass is 35.5. The van der Waals surface area contributed by atoms with Gasteiger partial charge in [-0.3, -0.25) is 0 Å². The lowest BCUT2D eigenvalue weighted by Crippen LogP contribution is -2.11. The van der Waals surface area contributed by atoms with E-state index in [1.165, 1.54) is 6.20 Å². The molecular formula is C14H17Cl3N6O2. The molecule has 25 heavy (non-hydrogen) atoms. The number of anilines is 2. The van der Waals surface area contributed by atoms with Crippen LogP contribution >= 0.6 is 34.8 Å². The lowest BCUT2D eigenvalue weighted by atomic mass is 10.3. The fraction of sp³-hybridized carbons (Fsp3) is 0.500. The van der Waals surface area contributed by atoms with Crippen molar-refractivity contribution in [2.75, 3.05) is 37.4 Å². The van der Waals surface area contributed by atoms with Crippen LogP contribution in [0.2, 0.25) is 15.5 Å². The van der Waals surface area contributed by atoms with Crippen molar-refractivity contribution < 1.29 is 9.47 Å². The molecule has 1 saturated heterocycles. The van der Waals surface area contributed by atoms with Gasteiger partial charge in [-0.05, 0) is 24.4 Å². The van der Waals surface area contributed by atoms with Crippen molar-refractivity contribution in [2.45, 2.75) is 18.9 Å². The molecule has 0 spiro atoms. The number of aromatic nitrogens is 4. The van der Waals surface area contributed by atoms with Crippen LogP contribution < -0.4 is 15.8 Å². The highest BCUT2D eigenvalue weighted by Gasteiger charge is 2.24. The highest BCUT2D eigenvalue weighted by Crippen LogP contribution is 2.33. The van der Waals surface area contributed by atoms with E-state index < -0.39 is 0 Å². The summed E-state index contributed by atoms with van der Waals surface area (Å²) in [6.07, 6.45) is 2.97. The van der Waals surface area contributed by atoms with Gasteiger partial charge in [-0.2, -0.15) is 4.98 Å². The first-order chi connectivity index (χ1) is 12.1. The number of hydrogen-bond donors (Lipinski definition) is 2. The molecule has 1 aliphatic heterocycles. The molecule has 0 saturated carbocycles. The summed E-state index contributed by atoms with van der Waals surface area (Å²) in [7, 11) is 0. The first-order valence-electron chi connectivity index (χ1n) is 7.72. The Morgan fingerprint density at radius 1 is 1.40 bits per heavy atom. The summed E-state index contributed by atoms with van der Waals surface area (Å²) in [4.78, 5) is 7.80. The molecule has 2 aromatic rings. The first kappa shape index (κ1) is 18.3. The number of rotatable bonds is 7. The van der Waals surface area contributed by atoms with Gasteiger partial charge < -0.3 is 20.5 Å². The molecule has 8 nitrogen and oxygen atoms in total. The van der Waals surface area contributed by atoms with Crippen molar-refractivity contribution in [2.24, 2.45) is 0 Å². The van der Waals surface area contributed by atoms with Gasteiger partial charge in [0, 0.05) is 13.2 Å². The van der Waals surface area contributed by atoms with Gasteiger partial charge in [-0.1, -0.05) is 23.2 Å². The standard InChI is InChI=1S/C14H17Cl3N6O2/c15-9-6-20-14(17)21-12(9)19-3-1-4-25-13-10(18)11(16)23(22-13)8-2-5-24-7-8/h6,8H,1-5,7,18H2,(H,19,20,21). The topological polar surface area (TPSA) is 100 Å². The van der Waals surface area contributed by atoms with Crippen LogP contribution in [0.25, 0.3) is 0 Å². The monoisotopic (exact) mass is 406 g/mol. The van der Waals surface area contributed by atoms with Gasteiger partial charge in [-0.25, -0.2) is 9.67 Å². The molecule has 0 radical (unpaired) electrons. The maximum absolute atomic E-state index is 6.23. The van der Waals surface area contributed by atoms with Crippen molar-refractivity contribution >= 4 is 46.3 Å². The summed E-state index contributed by atoms with van der Waals surface area (Å²) < 4.78 is 12.7. The fourth-order valence-electron chi connectivity index (χ4n) is 2.39. The van der Waals surface area contributed by atoms with E-state index in [-0.39, 0.29) is 11.3 Å². The molecule has 1 fully saturated rings. The molecule has 0 aliphatic carbocycles. The molecule has 0 bridgehead atoms. The number of halogens is 3. The average molecular weight is 408 g/mol. The lowest BCUT2D eigenvalue weighted by molar-refractivity contribution is 0.184. The van der Waals surface area contributed by atoms with Crippen LogP contribution in [0.4, 0.5) is 11.5 Å². The van der Waals surface area contributed by atoms with Crippen LogP contribution in [-0.4, -0.2) is 46.1 Å². The van der Waals surface area contributed by atoms with Gasteiger partial charge in [0.2, 0.25) is 5.28 Å². The number of nitrogens with two attached hydrogens (primary N) is 1. The van der Waals surface area contributed by atoms with E-state index in [9.17, 15) is 0 Å². The van der Waals surface area contributed by atoms with Gasteiger partial charge in [-0.15, -0.1) is 5.10 Å². The number of hydrogen-bond acceptors (Lipinski definition) is 7. The second kappa shape index (κ2) is 8.27. The fourth-order valence-corrected chi connectivity index (χ4v) is 2.94. The minimum atomic E-state index is 0.0958. The van der Waals surface area contributed by atoms with Crippen LogP contribution in [-0.2, 0) is 4.74 Å². The summed E-state index contributed by atoms with van der Waals surface area (Å²) in [5, 5.41) is 8.33. The molecule has 3 rings (SSSR count). The molecule has 0 amide bonds. The van der Waals surface area contributed by atoms with Crippen molar-refractivity contribution in [3.8, 4) is 5.88 Å². The predicted octanol–water partition coefficient (Wildman–Crippen LogP) is 3.06. The largest absolute Gasteiger partial charge is 0.475 e. The minimum Gasteiger partial charge on any atom is -0.475 e. The van der Waals surface area contributed by atoms with E-state index in [0.29, 0.717) is 60.3 Å². The van der Waals surface area contributed by atoms with Crippen LogP contribution in [0.15, 0.2) is 6.20 Å². The van der Waals surface area contributed by atoms with Gasteiger partial charge in [0.05, 0.1) is 25.5 Å². The van der Waals surface area contributed by atoms with Gasteiger partial charge >= 0.3 is 0 Å². The molecule has 11 heteroatoms. The van der Waals surface area contributed by atoms with E-state index >= 15 is 0 Å². The van der Waals surface area contributed by atoms with Gasteiger partial charge in [0.15, 0.2) is 5.15 Å². The Labute approximate surface area is 159 Å². The van der Waals surface area contributed by atoms with Crippen LogP contribution in [0.1, 0.15) is 18.9 Å². The molecule has 3 N–H and O–H groups in total. The number of nitrogens with zero attached hydrogens (tertiary/aromatic N) is 4. The Kier molecular flexibility index (Phi) is 6.06. The Morgan fingerprint density at radius 3 is 3.00 bits per heavy atom. The van der Waals surface area contributed by atoms with Crippen molar-refractivity contribution in [1.29, 1.82) is 0 Å². The molecule has 1 atom stereocenters. The van der Waals surface area contributed by atoms with Crippen LogP contribution in [0.5, 0.6) is 5.88 Å². The van der Waals surface area contributed by atoms with Crippen molar-refractivity contribution in [3.63, 3.8) is 0 Å². The summed E-state index contributed by atoms with van der Waals surface area (Å²) in [5.41, 5.74) is 6.31. The Morgan fingerprint density at radius 2 is 2.24 bits per heavy atom. The lowest BCUT2D eigenvalue weighted by Gasteiger charge is -2.09. The zero-order valence-corrected chi connectivity index (χ0v) is 15.5. The highest BCUT2D eigenvalue weighted by molar-refractivity contribution is 6.33. The second-order valence-corrected chi connectivity index (χ2v) is 6.54. The molecule has 2 aromatic heterocycles. The van der Waals surface area contributed by atoms with Crippen LogP contribution in [0, 0.1) is 0 Å². The third-order valence-electron chi connectivity index (χ3n) is 3.67. The first-order valence-corrected chi connectivity index (χ1v) is 8.85. The third-order valence-corrected chi connectivity index (χ3v) is 4.51. The average Bonchev–Trinajstić information content (AvgIpc) is 3.21. The molecule has 136 valence electrons. The summed E-state index contributed by atoms with van der Waals surface area (Å²) in [6.45, 7) is 2.25. The van der Waals surface area contributed by atoms with E-state index in [2.05, 4.69) is 20.4 Å². The number of ether oxygens (including phenoxy) is 2. The quantitative estimate of drug-likeness (QED) is 0.537. The smallest absolute Gasteiger partial charge is 0.257 e. The third kappa shape index (κ3) is 4.38. The molecule has 0 aromatic carbocycles. The van der Waals surface area contributed by atoms with E-state index in [1.54, 1.807) is 4.68 Å². The predicted molar refractivity (Wildman–Crippen MR) is 96.8 cm³/mol. The number of nitrogen functional groups attached to an aromatic ring is 1. The van der Waals surface area contributed by atoms with Crippen molar-refractivity contribution in [1.82, 2.24) is 19.7 Å². The second-order valence-electron chi connectivity index (χ2n) is 5.44. The van der Waals surface area contributed by atoms with Crippen LogP contribution in [0.3, 0.4) is 0 Å². The van der Waals surface area contributed by atoms with E-state index in [4.69, 9.17) is 50.0 Å². The van der Waals surface area contributed by atoms with Gasteiger partial charge in [0.25, 0.3) is 5.88 Å². The molecule has 3 heterocycles. The normalized spacial score (nSPS) is 17.0. The minimum absolute atomic E-state index is 0.0958. The maximum Gasteiger partial charge on any atom is 0.257 e. The molecule has 1 aliphatic rings. The Bertz CT molecular complexity index is 736. The summed E-state index contributed by atoms with van der Waals surface area (Å²) in [6, 6.07) is 0.0958. The van der Waals surface area contributed by atoms with Crippen molar-refractivity contribution in [3.05, 3.63) is 21.7 Å². The Balaban J connectivity index is 1.49. The zero-order valence-electron chi connectivity index (χ0n) is 13.2. The summed E-state index contributed by atoms with van der Waals surface area (Å²) in [5.74, 6) is 0.815. The van der Waals surface area contributed by atoms with Gasteiger partial charge in [0.1, 0.15) is 16.5 Å². The number of nitrogens with one attached hydrogen (secondary N) is 1. The van der Waals surface area contributed by atoms with E-state index in [1.807, 2.05) is 0 Å². The maximum atomic E-state index is 6.23. The molecular weight excluding hydrogens is 391 g/mol. The molecule has 1 unspecified atom stereocenters. The SMILES string of the molecule is Nc1c(OCCCNc2nc(Cl)ncc2Cl)nn(C2CCOC2)c1Cl. The zero-order chi connectivity index (χ0) is 17.8. The summed E-state index contributed by atoms with van der Waals surface area (Å²) >= 11 is 17.9. The Hall–Kier alpha value is -1.48. The van der Waals surface area contributed by atoms with E-state index in [0.717, 1.165) is 6.42 Å².